The van der Waals surface area contributed by atoms with Gasteiger partial charge in [0.25, 0.3) is 0 Å². The number of rotatable bonds is 11. The molecule has 0 aromatic heterocycles. The van der Waals surface area contributed by atoms with Gasteiger partial charge in [-0.3, -0.25) is 0 Å². The molecule has 150 valence electrons. The predicted octanol–water partition coefficient (Wildman–Crippen LogP) is 4.55. The van der Waals surface area contributed by atoms with Crippen molar-refractivity contribution in [3.8, 4) is 0 Å². The second-order valence-corrected chi connectivity index (χ2v) is 8.82. The number of fused-ring (bicyclic) bond motifs is 1. The Morgan fingerprint density at radius 2 is 1.96 bits per heavy atom. The van der Waals surface area contributed by atoms with Crippen molar-refractivity contribution in [2.75, 3.05) is 20.6 Å². The van der Waals surface area contributed by atoms with Crippen molar-refractivity contribution in [3.63, 3.8) is 0 Å². The Kier molecular flexibility index (Phi) is 9.38. The molecule has 3 nitrogen and oxygen atoms in total. The largest absolute Gasteiger partial charge is 0.392 e. The number of nitrogens with zero attached hydrogens (tertiary/aromatic N) is 1. The van der Waals surface area contributed by atoms with Crippen molar-refractivity contribution in [1.29, 1.82) is 0 Å². The van der Waals surface area contributed by atoms with Crippen LogP contribution in [0.1, 0.15) is 71.1 Å². The molecule has 26 heavy (non-hydrogen) atoms. The third-order valence-electron chi connectivity index (χ3n) is 6.26. The first-order chi connectivity index (χ1) is 12.5. The smallest absolute Gasteiger partial charge is 0.0721 e. The third kappa shape index (κ3) is 6.83. The highest BCUT2D eigenvalue weighted by molar-refractivity contribution is 5.17. The average molecular weight is 364 g/mol. The molecule has 0 bridgehead atoms. The molecule has 2 N–H and O–H groups in total. The number of aliphatic hydroxyl groups is 2. The molecule has 0 aromatic rings. The Morgan fingerprint density at radius 1 is 1.15 bits per heavy atom. The van der Waals surface area contributed by atoms with E-state index in [9.17, 15) is 10.2 Å². The molecule has 0 saturated heterocycles. The van der Waals surface area contributed by atoms with Gasteiger partial charge in [0.2, 0.25) is 0 Å². The Morgan fingerprint density at radius 3 is 2.69 bits per heavy atom. The van der Waals surface area contributed by atoms with Crippen LogP contribution in [0.3, 0.4) is 0 Å². The number of hydrogen-bond donors (Lipinski definition) is 2. The van der Waals surface area contributed by atoms with E-state index in [-0.39, 0.29) is 18.1 Å². The van der Waals surface area contributed by atoms with Gasteiger partial charge in [0.05, 0.1) is 12.2 Å². The summed E-state index contributed by atoms with van der Waals surface area (Å²) >= 11 is 0. The van der Waals surface area contributed by atoms with E-state index in [2.05, 4.69) is 38.1 Å². The summed E-state index contributed by atoms with van der Waals surface area (Å²) in [6.45, 7) is 3.36. The zero-order valence-corrected chi connectivity index (χ0v) is 17.2. The molecule has 2 fully saturated rings. The first-order valence-electron chi connectivity index (χ1n) is 10.9. The van der Waals surface area contributed by atoms with Gasteiger partial charge in [-0.25, -0.2) is 0 Å². The maximum absolute atomic E-state index is 10.4. The van der Waals surface area contributed by atoms with Gasteiger partial charge in [0, 0.05) is 5.92 Å². The molecular weight excluding hydrogens is 322 g/mol. The van der Waals surface area contributed by atoms with Crippen molar-refractivity contribution in [2.45, 2.75) is 83.3 Å². The van der Waals surface area contributed by atoms with Crippen LogP contribution in [-0.4, -0.2) is 48.0 Å². The fourth-order valence-electron chi connectivity index (χ4n) is 4.77. The van der Waals surface area contributed by atoms with Gasteiger partial charge in [-0.1, -0.05) is 50.0 Å². The summed E-state index contributed by atoms with van der Waals surface area (Å²) in [6, 6.07) is 0. The highest BCUT2D eigenvalue weighted by atomic mass is 16.3. The van der Waals surface area contributed by atoms with Gasteiger partial charge in [-0.05, 0) is 77.4 Å². The van der Waals surface area contributed by atoms with Gasteiger partial charge < -0.3 is 15.1 Å². The maximum atomic E-state index is 10.4. The van der Waals surface area contributed by atoms with Gasteiger partial charge >= 0.3 is 0 Å². The lowest BCUT2D eigenvalue weighted by Gasteiger charge is -2.17. The second kappa shape index (κ2) is 11.3. The van der Waals surface area contributed by atoms with E-state index in [1.54, 1.807) is 5.57 Å². The fraction of sp³-hybridized carbons (Fsp3) is 0.826. The topological polar surface area (TPSA) is 43.7 Å². The Balaban J connectivity index is 1.78. The van der Waals surface area contributed by atoms with Gasteiger partial charge in [0.15, 0.2) is 0 Å². The lowest BCUT2D eigenvalue weighted by Crippen LogP contribution is -2.17. The first-order valence-corrected chi connectivity index (χ1v) is 10.9. The highest BCUT2D eigenvalue weighted by Crippen LogP contribution is 2.50. The third-order valence-corrected chi connectivity index (χ3v) is 6.26. The van der Waals surface area contributed by atoms with Crippen LogP contribution in [0.4, 0.5) is 0 Å². The first kappa shape index (κ1) is 21.7. The molecule has 3 heteroatoms. The predicted molar refractivity (Wildman–Crippen MR) is 110 cm³/mol. The molecule has 0 radical (unpaired) electrons. The lowest BCUT2D eigenvalue weighted by atomic mass is 9.90. The number of allylic oxidation sites excluding steroid dienone is 2. The van der Waals surface area contributed by atoms with Crippen molar-refractivity contribution in [3.05, 3.63) is 23.8 Å². The summed E-state index contributed by atoms with van der Waals surface area (Å²) in [5.41, 5.74) is 1.61. The average Bonchev–Trinajstić information content (AvgIpc) is 3.09. The summed E-state index contributed by atoms with van der Waals surface area (Å²) in [7, 11) is 4.27. The van der Waals surface area contributed by atoms with E-state index in [4.69, 9.17) is 0 Å². The Hall–Kier alpha value is -0.640. The van der Waals surface area contributed by atoms with Crippen LogP contribution >= 0.6 is 0 Å². The molecule has 2 aliphatic carbocycles. The van der Waals surface area contributed by atoms with E-state index in [0.29, 0.717) is 11.8 Å². The van der Waals surface area contributed by atoms with E-state index < -0.39 is 0 Å². The fourth-order valence-corrected chi connectivity index (χ4v) is 4.77. The Bertz CT molecular complexity index is 457. The molecule has 0 heterocycles. The standard InChI is InChI=1S/C23H41NO2/c1-4-5-7-11-20(25)12-13-21-22-16-18(15-19(22)17-23(21)26)10-8-6-9-14-24(2)3/h10,12-13,19-23,25-26H,4-9,11,14-17H2,1-3H3/t19-,20-,21+,22-,23+/m0/s1. The summed E-state index contributed by atoms with van der Waals surface area (Å²) in [4.78, 5) is 2.25. The molecule has 0 unspecified atom stereocenters. The molecule has 5 atom stereocenters. The van der Waals surface area contributed by atoms with Gasteiger partial charge in [-0.2, -0.15) is 0 Å². The zero-order valence-electron chi connectivity index (χ0n) is 17.2. The summed E-state index contributed by atoms with van der Waals surface area (Å²) in [5.74, 6) is 1.46. The monoisotopic (exact) mass is 363 g/mol. The van der Waals surface area contributed by atoms with Gasteiger partial charge in [0.1, 0.15) is 0 Å². The van der Waals surface area contributed by atoms with E-state index >= 15 is 0 Å². The van der Waals surface area contributed by atoms with Crippen molar-refractivity contribution < 1.29 is 10.2 Å². The van der Waals surface area contributed by atoms with E-state index in [1.807, 2.05) is 6.08 Å². The molecule has 2 saturated carbocycles. The maximum Gasteiger partial charge on any atom is 0.0721 e. The van der Waals surface area contributed by atoms with Crippen molar-refractivity contribution >= 4 is 0 Å². The minimum Gasteiger partial charge on any atom is -0.392 e. The van der Waals surface area contributed by atoms with E-state index in [0.717, 1.165) is 25.7 Å². The van der Waals surface area contributed by atoms with Crippen molar-refractivity contribution in [1.82, 2.24) is 4.90 Å². The van der Waals surface area contributed by atoms with Crippen LogP contribution < -0.4 is 0 Å². The zero-order chi connectivity index (χ0) is 18.9. The van der Waals surface area contributed by atoms with Gasteiger partial charge in [-0.15, -0.1) is 0 Å². The molecular formula is C23H41NO2. The molecule has 0 amide bonds. The summed E-state index contributed by atoms with van der Waals surface area (Å²) in [5, 5.41) is 20.6. The summed E-state index contributed by atoms with van der Waals surface area (Å²) in [6.07, 6.45) is 17.3. The number of hydrogen-bond acceptors (Lipinski definition) is 3. The second-order valence-electron chi connectivity index (χ2n) is 8.82. The van der Waals surface area contributed by atoms with Crippen LogP contribution in [0.25, 0.3) is 0 Å². The SMILES string of the molecule is CCCCC[C@H](O)C=C[C@@H]1[C@H]2CC(=CCCCCN(C)C)C[C@H]2C[C@H]1O. The van der Waals surface area contributed by atoms with Crippen LogP contribution in [0.5, 0.6) is 0 Å². The molecule has 0 aliphatic heterocycles. The van der Waals surface area contributed by atoms with Crippen LogP contribution in [0.2, 0.25) is 0 Å². The van der Waals surface area contributed by atoms with E-state index in [1.165, 1.54) is 45.1 Å². The van der Waals surface area contributed by atoms with Crippen molar-refractivity contribution in [2.24, 2.45) is 17.8 Å². The Labute approximate surface area is 161 Å². The lowest BCUT2D eigenvalue weighted by molar-refractivity contribution is 0.139. The minimum atomic E-state index is -0.346. The van der Waals surface area contributed by atoms with Crippen LogP contribution in [0, 0.1) is 17.8 Å². The number of unbranched alkanes of at least 4 members (excludes halogenated alkanes) is 4. The normalized spacial score (nSPS) is 31.4. The molecule has 2 rings (SSSR count). The molecule has 2 aliphatic rings. The minimum absolute atomic E-state index is 0.217. The molecule has 0 spiro atoms. The van der Waals surface area contributed by atoms with Crippen LogP contribution in [0.15, 0.2) is 23.8 Å². The highest BCUT2D eigenvalue weighted by Gasteiger charge is 2.44. The van der Waals surface area contributed by atoms with Crippen LogP contribution in [-0.2, 0) is 0 Å². The molecule has 0 aromatic carbocycles. The quantitative estimate of drug-likeness (QED) is 0.418. The summed E-state index contributed by atoms with van der Waals surface area (Å²) < 4.78 is 0. The number of aliphatic hydroxyl groups excluding tert-OH is 2.